The molecule has 1 N–H and O–H groups in total. The van der Waals surface area contributed by atoms with Crippen LogP contribution in [0.4, 0.5) is 23.2 Å². The Morgan fingerprint density at radius 3 is 2.46 bits per heavy atom. The average molecular weight is 565 g/mol. The van der Waals surface area contributed by atoms with Crippen LogP contribution in [0.3, 0.4) is 0 Å². The summed E-state index contributed by atoms with van der Waals surface area (Å²) in [4.78, 5) is 16.1. The van der Waals surface area contributed by atoms with Crippen molar-refractivity contribution in [2.24, 2.45) is 5.10 Å². The van der Waals surface area contributed by atoms with Crippen molar-refractivity contribution >= 4 is 28.9 Å². The molecule has 7 nitrogen and oxygen atoms in total. The van der Waals surface area contributed by atoms with E-state index in [4.69, 9.17) is 20.8 Å². The van der Waals surface area contributed by atoms with Gasteiger partial charge in [0.1, 0.15) is 23.2 Å². The van der Waals surface area contributed by atoms with Crippen LogP contribution in [-0.2, 0) is 9.53 Å². The minimum absolute atomic E-state index is 0.00302. The Bertz CT molecular complexity index is 1430. The maximum Gasteiger partial charge on any atom is 0.249 e. The van der Waals surface area contributed by atoms with Gasteiger partial charge in [0.2, 0.25) is 5.91 Å². The first-order valence-corrected chi connectivity index (χ1v) is 12.6. The van der Waals surface area contributed by atoms with E-state index in [0.29, 0.717) is 25.3 Å². The van der Waals surface area contributed by atoms with Crippen LogP contribution >= 0.6 is 11.6 Å². The minimum atomic E-state index is -1.77. The van der Waals surface area contributed by atoms with E-state index in [1.54, 1.807) is 0 Å². The summed E-state index contributed by atoms with van der Waals surface area (Å²) in [6, 6.07) is 8.66. The Labute approximate surface area is 227 Å². The van der Waals surface area contributed by atoms with Crippen LogP contribution < -0.4 is 10.3 Å². The number of benzene rings is 2. The molecule has 2 aromatic carbocycles. The van der Waals surface area contributed by atoms with Crippen molar-refractivity contribution in [3.63, 3.8) is 0 Å². The average Bonchev–Trinajstić information content (AvgIpc) is 3.43. The van der Waals surface area contributed by atoms with Gasteiger partial charge in [0.25, 0.3) is 0 Å². The minimum Gasteiger partial charge on any atom is -0.449 e. The van der Waals surface area contributed by atoms with Gasteiger partial charge in [-0.2, -0.15) is 5.10 Å². The number of rotatable bonds is 6. The third kappa shape index (κ3) is 5.13. The number of nitrogens with one attached hydrogen (secondary N) is 1. The van der Waals surface area contributed by atoms with Gasteiger partial charge in [-0.25, -0.2) is 22.6 Å². The predicted molar refractivity (Wildman–Crippen MR) is 137 cm³/mol. The second-order valence-electron chi connectivity index (χ2n) is 9.70. The Morgan fingerprint density at radius 2 is 1.82 bits per heavy atom. The lowest BCUT2D eigenvalue weighted by Crippen LogP contribution is -2.58. The third-order valence-corrected chi connectivity index (χ3v) is 7.20. The van der Waals surface area contributed by atoms with E-state index in [1.165, 1.54) is 25.1 Å². The predicted octanol–water partition coefficient (Wildman–Crippen LogP) is 4.70. The number of halogens is 5. The molecular formula is C27H25ClF4N4O3. The van der Waals surface area contributed by atoms with E-state index >= 15 is 8.78 Å². The summed E-state index contributed by atoms with van der Waals surface area (Å²) < 4.78 is 69.3. The number of morpholine rings is 1. The summed E-state index contributed by atoms with van der Waals surface area (Å²) in [6.07, 6.45) is -0.305. The second kappa shape index (κ2) is 10.6. The van der Waals surface area contributed by atoms with Crippen LogP contribution in [-0.4, -0.2) is 61.5 Å². The van der Waals surface area contributed by atoms with Crippen LogP contribution in [0.5, 0.6) is 0 Å². The van der Waals surface area contributed by atoms with Crippen LogP contribution in [0.1, 0.15) is 24.2 Å². The molecule has 39 heavy (non-hydrogen) atoms. The maximum absolute atomic E-state index is 15.1. The number of ether oxygens (including phenoxy) is 1. The third-order valence-electron chi connectivity index (χ3n) is 7.00. The van der Waals surface area contributed by atoms with Crippen molar-refractivity contribution in [3.8, 4) is 0 Å². The molecule has 3 aromatic rings. The van der Waals surface area contributed by atoms with Crippen molar-refractivity contribution < 1.29 is 31.5 Å². The molecule has 2 aliphatic heterocycles. The standard InChI is InChI=1S/C27H25ClF4N4O3/c1-27(26(37)33-13-17-14-35(2)9-10-38-17)24(22-7-8-23(28)39-22)25(18-5-3-15(29)11-19(18)31)34-36(27)21-6-4-16(30)12-20(21)32/h3-8,11-12,17,24H,9-10,13-14H2,1-2H3,(H,33,37)/t17-,24-,27?/m1/s1. The zero-order valence-corrected chi connectivity index (χ0v) is 21.8. The van der Waals surface area contributed by atoms with E-state index in [9.17, 15) is 13.6 Å². The number of likely N-dealkylation sites (N-methyl/N-ethyl adjacent to an activating group) is 1. The largest absolute Gasteiger partial charge is 0.449 e. The highest BCUT2D eigenvalue weighted by atomic mass is 35.5. The van der Waals surface area contributed by atoms with E-state index < -0.39 is 40.6 Å². The van der Waals surface area contributed by atoms with Gasteiger partial charge in [-0.05, 0) is 62.0 Å². The molecule has 5 rings (SSSR count). The highest BCUT2D eigenvalue weighted by Gasteiger charge is 2.57. The van der Waals surface area contributed by atoms with Gasteiger partial charge < -0.3 is 19.4 Å². The van der Waals surface area contributed by atoms with Crippen LogP contribution in [0, 0.1) is 23.3 Å². The fraction of sp³-hybridized carbons (Fsp3) is 0.333. The zero-order chi connectivity index (χ0) is 27.9. The first-order valence-electron chi connectivity index (χ1n) is 12.2. The molecule has 3 atom stereocenters. The number of amides is 1. The van der Waals surface area contributed by atoms with Gasteiger partial charge in [-0.3, -0.25) is 4.79 Å². The molecule has 0 spiro atoms. The van der Waals surface area contributed by atoms with Gasteiger partial charge >= 0.3 is 0 Å². The van der Waals surface area contributed by atoms with Crippen molar-refractivity contribution in [2.75, 3.05) is 38.3 Å². The summed E-state index contributed by atoms with van der Waals surface area (Å²) in [5.41, 5.74) is -2.16. The molecule has 2 aliphatic rings. The maximum atomic E-state index is 15.1. The number of anilines is 1. The topological polar surface area (TPSA) is 70.3 Å². The quantitative estimate of drug-likeness (QED) is 0.440. The number of hydrogen-bond acceptors (Lipinski definition) is 6. The lowest BCUT2D eigenvalue weighted by Gasteiger charge is -2.37. The summed E-state index contributed by atoms with van der Waals surface area (Å²) in [7, 11) is 1.93. The number of nitrogens with zero attached hydrogens (tertiary/aromatic N) is 3. The Balaban J connectivity index is 1.63. The Kier molecular flexibility index (Phi) is 7.41. The Morgan fingerprint density at radius 1 is 1.10 bits per heavy atom. The van der Waals surface area contributed by atoms with Crippen LogP contribution in [0.25, 0.3) is 0 Å². The number of hydrazone groups is 1. The molecule has 3 heterocycles. The van der Waals surface area contributed by atoms with E-state index in [2.05, 4.69) is 15.3 Å². The molecule has 1 aromatic heterocycles. The first-order chi connectivity index (χ1) is 18.6. The summed E-state index contributed by atoms with van der Waals surface area (Å²) >= 11 is 6.06. The fourth-order valence-corrected chi connectivity index (χ4v) is 5.17. The molecule has 1 amide bonds. The second-order valence-corrected chi connectivity index (χ2v) is 10.1. The molecule has 0 radical (unpaired) electrons. The molecule has 12 heteroatoms. The molecular weight excluding hydrogens is 540 g/mol. The van der Waals surface area contributed by atoms with Crippen molar-refractivity contribution in [1.82, 2.24) is 10.2 Å². The first kappa shape index (κ1) is 27.2. The van der Waals surface area contributed by atoms with Gasteiger partial charge in [-0.1, -0.05) is 0 Å². The van der Waals surface area contributed by atoms with Crippen molar-refractivity contribution in [2.45, 2.75) is 24.5 Å². The number of furan rings is 1. The smallest absolute Gasteiger partial charge is 0.249 e. The lowest BCUT2D eigenvalue weighted by molar-refractivity contribution is -0.127. The summed E-state index contributed by atoms with van der Waals surface area (Å²) in [6.45, 7) is 3.43. The van der Waals surface area contributed by atoms with Crippen LogP contribution in [0.15, 0.2) is 58.0 Å². The number of carbonyl (C=O) groups is 1. The highest BCUT2D eigenvalue weighted by molar-refractivity contribution is 6.28. The number of carbonyl (C=O) groups excluding carboxylic acids is 1. The van der Waals surface area contributed by atoms with Gasteiger partial charge in [-0.15, -0.1) is 0 Å². The fourth-order valence-electron chi connectivity index (χ4n) is 5.02. The SMILES string of the molecule is CN1CCO[C@H](CNC(=O)C2(C)[C@H](c3ccc(Cl)o3)C(c3ccc(F)cc3F)=NN2c2ccc(F)cc2F)C1. The number of hydrogen-bond donors (Lipinski definition) is 1. The van der Waals surface area contributed by atoms with Crippen molar-refractivity contribution in [1.29, 1.82) is 0 Å². The molecule has 0 aliphatic carbocycles. The molecule has 1 saturated heterocycles. The molecule has 0 saturated carbocycles. The normalized spacial score (nSPS) is 23.7. The summed E-state index contributed by atoms with van der Waals surface area (Å²) in [5, 5.41) is 8.41. The van der Waals surface area contributed by atoms with Gasteiger partial charge in [0.15, 0.2) is 16.6 Å². The molecule has 1 fully saturated rings. The van der Waals surface area contributed by atoms with Gasteiger partial charge in [0.05, 0.1) is 30.0 Å². The monoisotopic (exact) mass is 564 g/mol. The Hall–Kier alpha value is -3.41. The van der Waals surface area contributed by atoms with Gasteiger partial charge in [0, 0.05) is 37.3 Å². The molecule has 1 unspecified atom stereocenters. The van der Waals surface area contributed by atoms with E-state index in [-0.39, 0.29) is 40.6 Å². The molecule has 206 valence electrons. The summed E-state index contributed by atoms with van der Waals surface area (Å²) in [5.74, 6) is -5.19. The lowest BCUT2D eigenvalue weighted by atomic mass is 9.78. The van der Waals surface area contributed by atoms with Crippen molar-refractivity contribution in [3.05, 3.63) is 88.3 Å². The van der Waals surface area contributed by atoms with E-state index in [1.807, 2.05) is 7.05 Å². The zero-order valence-electron chi connectivity index (χ0n) is 21.1. The van der Waals surface area contributed by atoms with E-state index in [0.717, 1.165) is 29.8 Å². The van der Waals surface area contributed by atoms with Crippen LogP contribution in [0.2, 0.25) is 5.22 Å². The molecule has 0 bridgehead atoms. The highest BCUT2D eigenvalue weighted by Crippen LogP contribution is 2.46.